The van der Waals surface area contributed by atoms with E-state index in [1.54, 1.807) is 12.4 Å². The number of carbonyl (C=O) groups excluding carboxylic acids is 1. The standard InChI is InChI=1S/C22H29N5O3/c1-2-29-18-9-3-4-10-19(18)30-17-8-7-13-27(16-17)21-15-23-14-20(24-21)25-22(28)26-11-5-6-12-26/h3-4,9-10,14-15,17H,2,5-8,11-13,16H2,1H3,(H,24,25,28)/t17-/m1/s1. The van der Waals surface area contributed by atoms with Crippen molar-refractivity contribution in [3.8, 4) is 11.5 Å². The minimum absolute atomic E-state index is 0.0324. The number of aromatic nitrogens is 2. The maximum atomic E-state index is 12.3. The number of para-hydroxylation sites is 2. The fourth-order valence-corrected chi connectivity index (χ4v) is 3.92. The molecule has 1 atom stereocenters. The summed E-state index contributed by atoms with van der Waals surface area (Å²) in [6.07, 6.45) is 7.44. The predicted molar refractivity (Wildman–Crippen MR) is 115 cm³/mol. The SMILES string of the molecule is CCOc1ccccc1O[C@@H]1CCCN(c2cncc(NC(=O)N3CCCC3)n2)C1. The third-order valence-corrected chi connectivity index (χ3v) is 5.39. The Balaban J connectivity index is 1.40. The van der Waals surface area contributed by atoms with Crippen molar-refractivity contribution >= 4 is 17.7 Å². The first kappa shape index (κ1) is 20.3. The molecule has 2 saturated heterocycles. The van der Waals surface area contributed by atoms with Crippen molar-refractivity contribution in [2.45, 2.75) is 38.7 Å². The van der Waals surface area contributed by atoms with Gasteiger partial charge >= 0.3 is 6.03 Å². The Hall–Kier alpha value is -3.03. The van der Waals surface area contributed by atoms with Gasteiger partial charge < -0.3 is 19.3 Å². The molecule has 2 fully saturated rings. The maximum Gasteiger partial charge on any atom is 0.323 e. The summed E-state index contributed by atoms with van der Waals surface area (Å²) in [6, 6.07) is 7.67. The van der Waals surface area contributed by atoms with E-state index in [4.69, 9.17) is 9.47 Å². The van der Waals surface area contributed by atoms with E-state index in [9.17, 15) is 4.79 Å². The average molecular weight is 412 g/mol. The Labute approximate surface area is 177 Å². The summed E-state index contributed by atoms with van der Waals surface area (Å²) in [5, 5.41) is 2.87. The van der Waals surface area contributed by atoms with Crippen LogP contribution in [0.15, 0.2) is 36.7 Å². The Kier molecular flexibility index (Phi) is 6.51. The van der Waals surface area contributed by atoms with Gasteiger partial charge in [-0.15, -0.1) is 0 Å². The van der Waals surface area contributed by atoms with E-state index in [1.165, 1.54) is 0 Å². The lowest BCUT2D eigenvalue weighted by atomic mass is 10.1. The smallest absolute Gasteiger partial charge is 0.323 e. The molecule has 30 heavy (non-hydrogen) atoms. The summed E-state index contributed by atoms with van der Waals surface area (Å²) in [7, 11) is 0. The molecule has 2 aliphatic rings. The lowest BCUT2D eigenvalue weighted by molar-refractivity contribution is 0.170. The van der Waals surface area contributed by atoms with E-state index in [0.717, 1.165) is 62.6 Å². The number of rotatable bonds is 6. The zero-order valence-electron chi connectivity index (χ0n) is 17.4. The van der Waals surface area contributed by atoms with Crippen molar-refractivity contribution in [1.29, 1.82) is 0 Å². The van der Waals surface area contributed by atoms with Crippen LogP contribution in [-0.2, 0) is 0 Å². The molecule has 0 radical (unpaired) electrons. The van der Waals surface area contributed by atoms with Gasteiger partial charge in [-0.3, -0.25) is 10.3 Å². The summed E-state index contributed by atoms with van der Waals surface area (Å²) >= 11 is 0. The van der Waals surface area contributed by atoms with Crippen molar-refractivity contribution < 1.29 is 14.3 Å². The molecular weight excluding hydrogens is 382 g/mol. The number of nitrogens with one attached hydrogen (secondary N) is 1. The first-order valence-corrected chi connectivity index (χ1v) is 10.7. The second-order valence-electron chi connectivity index (χ2n) is 7.59. The number of hydrogen-bond donors (Lipinski definition) is 1. The fraction of sp³-hybridized carbons (Fsp3) is 0.500. The summed E-state index contributed by atoms with van der Waals surface area (Å²) in [5.41, 5.74) is 0. The fourth-order valence-electron chi connectivity index (χ4n) is 3.92. The van der Waals surface area contributed by atoms with Crippen LogP contribution in [0.3, 0.4) is 0 Å². The van der Waals surface area contributed by atoms with Crippen molar-refractivity contribution in [2.24, 2.45) is 0 Å². The predicted octanol–water partition coefficient (Wildman–Crippen LogP) is 3.55. The number of amides is 2. The highest BCUT2D eigenvalue weighted by molar-refractivity contribution is 5.88. The van der Waals surface area contributed by atoms with Crippen LogP contribution in [0.4, 0.5) is 16.4 Å². The van der Waals surface area contributed by atoms with Gasteiger partial charge in [0.05, 0.1) is 25.5 Å². The Morgan fingerprint density at radius 2 is 1.93 bits per heavy atom. The molecule has 2 aliphatic heterocycles. The summed E-state index contributed by atoms with van der Waals surface area (Å²) in [5.74, 6) is 2.77. The molecule has 8 nitrogen and oxygen atoms in total. The van der Waals surface area contributed by atoms with Crippen LogP contribution in [0.2, 0.25) is 0 Å². The van der Waals surface area contributed by atoms with Crippen molar-refractivity contribution in [2.75, 3.05) is 43.0 Å². The molecule has 2 amide bonds. The van der Waals surface area contributed by atoms with Crippen LogP contribution >= 0.6 is 0 Å². The highest BCUT2D eigenvalue weighted by Crippen LogP contribution is 2.30. The average Bonchev–Trinajstić information content (AvgIpc) is 3.31. The van der Waals surface area contributed by atoms with Gasteiger partial charge in [0.1, 0.15) is 11.9 Å². The molecule has 2 aromatic rings. The van der Waals surface area contributed by atoms with Gasteiger partial charge in [-0.2, -0.15) is 0 Å². The van der Waals surface area contributed by atoms with Crippen LogP contribution in [0.1, 0.15) is 32.6 Å². The number of nitrogens with zero attached hydrogens (tertiary/aromatic N) is 4. The minimum Gasteiger partial charge on any atom is -0.490 e. The normalized spacial score (nSPS) is 18.9. The lowest BCUT2D eigenvalue weighted by Gasteiger charge is -2.33. The van der Waals surface area contributed by atoms with E-state index in [-0.39, 0.29) is 12.1 Å². The van der Waals surface area contributed by atoms with Crippen LogP contribution < -0.4 is 19.7 Å². The number of urea groups is 1. The quantitative estimate of drug-likeness (QED) is 0.783. The third kappa shape index (κ3) is 4.93. The van der Waals surface area contributed by atoms with Crippen LogP contribution in [0.5, 0.6) is 11.5 Å². The van der Waals surface area contributed by atoms with Crippen LogP contribution in [-0.4, -0.2) is 59.8 Å². The van der Waals surface area contributed by atoms with E-state index < -0.39 is 0 Å². The van der Waals surface area contributed by atoms with E-state index >= 15 is 0 Å². The van der Waals surface area contributed by atoms with Crippen molar-refractivity contribution in [3.05, 3.63) is 36.7 Å². The van der Waals surface area contributed by atoms with Crippen molar-refractivity contribution in [1.82, 2.24) is 14.9 Å². The number of ether oxygens (including phenoxy) is 2. The van der Waals surface area contributed by atoms with Gasteiger partial charge in [0.25, 0.3) is 0 Å². The molecule has 0 spiro atoms. The number of benzene rings is 1. The summed E-state index contributed by atoms with van der Waals surface area (Å²) < 4.78 is 11.9. The third-order valence-electron chi connectivity index (χ3n) is 5.39. The van der Waals surface area contributed by atoms with Gasteiger partial charge in [-0.1, -0.05) is 12.1 Å². The lowest BCUT2D eigenvalue weighted by Crippen LogP contribution is -2.41. The zero-order valence-corrected chi connectivity index (χ0v) is 17.4. The Bertz CT molecular complexity index is 856. The maximum absolute atomic E-state index is 12.3. The molecule has 1 aromatic carbocycles. The molecule has 8 heteroatoms. The van der Waals surface area contributed by atoms with Gasteiger partial charge in [-0.25, -0.2) is 9.78 Å². The number of hydrogen-bond acceptors (Lipinski definition) is 6. The summed E-state index contributed by atoms with van der Waals surface area (Å²) in [6.45, 7) is 5.75. The largest absolute Gasteiger partial charge is 0.490 e. The van der Waals surface area contributed by atoms with E-state index in [0.29, 0.717) is 19.0 Å². The minimum atomic E-state index is -0.105. The number of likely N-dealkylation sites (tertiary alicyclic amines) is 1. The van der Waals surface area contributed by atoms with E-state index in [2.05, 4.69) is 20.2 Å². The Morgan fingerprint density at radius 1 is 1.13 bits per heavy atom. The number of piperidine rings is 1. The molecule has 4 rings (SSSR count). The summed E-state index contributed by atoms with van der Waals surface area (Å²) in [4.78, 5) is 25.2. The van der Waals surface area contributed by atoms with Gasteiger partial charge in [0.2, 0.25) is 0 Å². The van der Waals surface area contributed by atoms with Gasteiger partial charge in [0, 0.05) is 19.6 Å². The van der Waals surface area contributed by atoms with Gasteiger partial charge in [-0.05, 0) is 44.7 Å². The first-order valence-electron chi connectivity index (χ1n) is 10.7. The molecular formula is C22H29N5O3. The van der Waals surface area contributed by atoms with Crippen molar-refractivity contribution in [3.63, 3.8) is 0 Å². The Morgan fingerprint density at radius 3 is 2.73 bits per heavy atom. The molecule has 160 valence electrons. The molecule has 3 heterocycles. The highest BCUT2D eigenvalue weighted by atomic mass is 16.5. The molecule has 1 aromatic heterocycles. The second kappa shape index (κ2) is 9.65. The number of anilines is 2. The molecule has 0 saturated carbocycles. The molecule has 0 bridgehead atoms. The van der Waals surface area contributed by atoms with E-state index in [1.807, 2.05) is 36.1 Å². The molecule has 1 N–H and O–H groups in total. The topological polar surface area (TPSA) is 79.8 Å². The number of carbonyl (C=O) groups is 1. The monoisotopic (exact) mass is 411 g/mol. The molecule has 0 unspecified atom stereocenters. The second-order valence-corrected chi connectivity index (χ2v) is 7.59. The van der Waals surface area contributed by atoms with Crippen LogP contribution in [0.25, 0.3) is 0 Å². The zero-order chi connectivity index (χ0) is 20.8. The van der Waals surface area contributed by atoms with Gasteiger partial charge in [0.15, 0.2) is 17.3 Å². The highest BCUT2D eigenvalue weighted by Gasteiger charge is 2.24. The first-order chi connectivity index (χ1) is 14.7. The van der Waals surface area contributed by atoms with Crippen LogP contribution in [0, 0.1) is 0 Å². The molecule has 0 aliphatic carbocycles.